The Bertz CT molecular complexity index is 600. The topological polar surface area (TPSA) is 48.7 Å². The van der Waals surface area contributed by atoms with Gasteiger partial charge in [-0.05, 0) is 42.7 Å². The molecule has 94 valence electrons. The van der Waals surface area contributed by atoms with Gasteiger partial charge in [0.05, 0.1) is 0 Å². The molecule has 0 amide bonds. The number of hydrogen-bond donors (Lipinski definition) is 1. The lowest BCUT2D eigenvalue weighted by molar-refractivity contribution is 0.114. The maximum atomic E-state index is 9.08. The standard InChI is InChI=1S/C15H16BN3/c17-10-16-6-13-12(1-2-19-14(13)7-16)3-11-4-15(5-11)8-18-9-15/h1-3,18H,4-9H2. The molecule has 1 saturated heterocycles. The average Bonchev–Trinajstić information content (AvgIpc) is 2.74. The van der Waals surface area contributed by atoms with Crippen LogP contribution in [0.15, 0.2) is 17.8 Å². The van der Waals surface area contributed by atoms with E-state index in [9.17, 15) is 0 Å². The molecule has 3 nitrogen and oxygen atoms in total. The molecule has 3 aliphatic rings. The van der Waals surface area contributed by atoms with Gasteiger partial charge in [0.2, 0.25) is 0 Å². The first kappa shape index (κ1) is 11.2. The summed E-state index contributed by atoms with van der Waals surface area (Å²) in [6, 6.07) is 2.11. The van der Waals surface area contributed by atoms with Crippen molar-refractivity contribution in [2.45, 2.75) is 25.5 Å². The fraction of sp³-hybridized carbons (Fsp3) is 0.467. The van der Waals surface area contributed by atoms with Crippen LogP contribution in [0.3, 0.4) is 0 Å². The van der Waals surface area contributed by atoms with Crippen molar-refractivity contribution in [3.63, 3.8) is 0 Å². The van der Waals surface area contributed by atoms with Gasteiger partial charge in [0, 0.05) is 36.4 Å². The first-order valence-corrected chi connectivity index (χ1v) is 7.05. The molecule has 2 fully saturated rings. The van der Waals surface area contributed by atoms with Crippen LogP contribution in [-0.4, -0.2) is 24.8 Å². The van der Waals surface area contributed by atoms with Crippen LogP contribution < -0.4 is 5.32 Å². The molecule has 0 unspecified atom stereocenters. The molecule has 4 heteroatoms. The van der Waals surface area contributed by atoms with E-state index in [1.54, 1.807) is 5.57 Å². The minimum Gasteiger partial charge on any atom is -0.315 e. The van der Waals surface area contributed by atoms with Crippen LogP contribution in [0, 0.1) is 16.6 Å². The molecular weight excluding hydrogens is 233 g/mol. The second kappa shape index (κ2) is 3.95. The van der Waals surface area contributed by atoms with E-state index in [1.165, 1.54) is 37.1 Å². The van der Waals surface area contributed by atoms with E-state index < -0.39 is 0 Å². The van der Waals surface area contributed by atoms with Crippen molar-refractivity contribution < 1.29 is 0 Å². The maximum Gasteiger partial charge on any atom is 0.278 e. The number of nitriles is 1. The Hall–Kier alpha value is -1.60. The number of pyridine rings is 1. The van der Waals surface area contributed by atoms with Crippen molar-refractivity contribution in [1.82, 2.24) is 10.3 Å². The second-order valence-corrected chi connectivity index (χ2v) is 6.32. The molecule has 1 aromatic heterocycles. The Kier molecular flexibility index (Phi) is 2.34. The van der Waals surface area contributed by atoms with E-state index >= 15 is 0 Å². The molecule has 4 rings (SSSR count). The number of fused-ring (bicyclic) bond motifs is 1. The highest BCUT2D eigenvalue weighted by Crippen LogP contribution is 2.48. The van der Waals surface area contributed by atoms with E-state index in [0.29, 0.717) is 5.41 Å². The van der Waals surface area contributed by atoms with Crippen LogP contribution in [-0.2, 0) is 12.6 Å². The Morgan fingerprint density at radius 3 is 2.89 bits per heavy atom. The fourth-order valence-corrected chi connectivity index (χ4v) is 3.70. The van der Waals surface area contributed by atoms with Crippen LogP contribution in [0.25, 0.3) is 6.08 Å². The van der Waals surface area contributed by atoms with Crippen LogP contribution in [0.5, 0.6) is 0 Å². The average molecular weight is 249 g/mol. The van der Waals surface area contributed by atoms with Gasteiger partial charge >= 0.3 is 0 Å². The van der Waals surface area contributed by atoms with Gasteiger partial charge in [-0.1, -0.05) is 11.6 Å². The lowest BCUT2D eigenvalue weighted by Crippen LogP contribution is -2.57. The molecule has 1 aromatic rings. The molecule has 19 heavy (non-hydrogen) atoms. The minimum absolute atomic E-state index is 0.130. The van der Waals surface area contributed by atoms with Crippen molar-refractivity contribution in [3.05, 3.63) is 34.7 Å². The van der Waals surface area contributed by atoms with Gasteiger partial charge in [-0.15, -0.1) is 0 Å². The zero-order valence-electron chi connectivity index (χ0n) is 10.9. The van der Waals surface area contributed by atoms with Gasteiger partial charge in [0.1, 0.15) is 0 Å². The third-order valence-electron chi connectivity index (χ3n) is 4.82. The largest absolute Gasteiger partial charge is 0.315 e. The molecule has 1 N–H and O–H groups in total. The van der Waals surface area contributed by atoms with Crippen molar-refractivity contribution in [1.29, 1.82) is 5.26 Å². The number of hydrogen-bond acceptors (Lipinski definition) is 3. The summed E-state index contributed by atoms with van der Waals surface area (Å²) in [5, 5.41) is 12.4. The Balaban J connectivity index is 1.59. The highest BCUT2D eigenvalue weighted by atomic mass is 15.0. The van der Waals surface area contributed by atoms with Gasteiger partial charge in [-0.25, -0.2) is 5.26 Å². The summed E-state index contributed by atoms with van der Waals surface area (Å²) < 4.78 is 0. The van der Waals surface area contributed by atoms with Crippen molar-refractivity contribution in [3.8, 4) is 5.97 Å². The first-order chi connectivity index (χ1) is 9.28. The van der Waals surface area contributed by atoms with Gasteiger partial charge in [-0.3, -0.25) is 4.98 Å². The monoisotopic (exact) mass is 249 g/mol. The number of nitrogens with one attached hydrogen (secondary N) is 1. The molecule has 0 bridgehead atoms. The molecule has 3 heterocycles. The summed E-state index contributed by atoms with van der Waals surface area (Å²) in [6.45, 7) is 2.51. The van der Waals surface area contributed by atoms with Crippen LogP contribution in [0.2, 0.25) is 0 Å². The van der Waals surface area contributed by atoms with Crippen LogP contribution in [0.4, 0.5) is 0 Å². The van der Waals surface area contributed by atoms with E-state index in [-0.39, 0.29) is 6.71 Å². The summed E-state index contributed by atoms with van der Waals surface area (Å²) >= 11 is 0. The predicted molar refractivity (Wildman–Crippen MR) is 75.5 cm³/mol. The van der Waals surface area contributed by atoms with E-state index in [0.717, 1.165) is 18.3 Å². The number of nitrogens with zero attached hydrogens (tertiary/aromatic N) is 2. The van der Waals surface area contributed by atoms with E-state index in [2.05, 4.69) is 28.4 Å². The van der Waals surface area contributed by atoms with Gasteiger partial charge in [0.15, 0.2) is 0 Å². The lowest BCUT2D eigenvalue weighted by Gasteiger charge is -2.51. The quantitative estimate of drug-likeness (QED) is 0.769. The van der Waals surface area contributed by atoms with Gasteiger partial charge in [0.25, 0.3) is 6.71 Å². The molecule has 1 saturated carbocycles. The summed E-state index contributed by atoms with van der Waals surface area (Å²) in [5.41, 5.74) is 5.92. The van der Waals surface area contributed by atoms with Gasteiger partial charge in [-0.2, -0.15) is 0 Å². The smallest absolute Gasteiger partial charge is 0.278 e. The Labute approximate surface area is 113 Å². The van der Waals surface area contributed by atoms with E-state index in [4.69, 9.17) is 5.26 Å². The number of rotatable bonds is 1. The molecular formula is C15H16BN3. The van der Waals surface area contributed by atoms with Crippen molar-refractivity contribution in [2.75, 3.05) is 13.1 Å². The summed E-state index contributed by atoms with van der Waals surface area (Å²) in [7, 11) is 0. The zero-order chi connectivity index (χ0) is 12.9. The summed E-state index contributed by atoms with van der Waals surface area (Å²) in [5.74, 6) is 2.38. The third kappa shape index (κ3) is 1.73. The molecule has 1 spiro atoms. The minimum atomic E-state index is 0.130. The lowest BCUT2D eigenvalue weighted by atomic mass is 9.49. The van der Waals surface area contributed by atoms with Crippen molar-refractivity contribution in [2.24, 2.45) is 5.41 Å². The molecule has 0 aromatic carbocycles. The highest BCUT2D eigenvalue weighted by molar-refractivity contribution is 6.66. The summed E-state index contributed by atoms with van der Waals surface area (Å²) in [6.07, 6.45) is 8.45. The number of aromatic nitrogens is 1. The highest BCUT2D eigenvalue weighted by Gasteiger charge is 2.45. The summed E-state index contributed by atoms with van der Waals surface area (Å²) in [4.78, 5) is 4.43. The maximum absolute atomic E-state index is 9.08. The SMILES string of the molecule is N#CB1Cc2nccc(C=C3CC4(CNC4)C3)c2C1. The normalized spacial score (nSPS) is 22.5. The number of allylic oxidation sites excluding steroid dienone is 1. The third-order valence-corrected chi connectivity index (χ3v) is 4.82. The zero-order valence-corrected chi connectivity index (χ0v) is 10.9. The molecule has 1 aliphatic carbocycles. The predicted octanol–water partition coefficient (Wildman–Crippen LogP) is 1.58. The molecule has 0 radical (unpaired) electrons. The Morgan fingerprint density at radius 1 is 1.37 bits per heavy atom. The van der Waals surface area contributed by atoms with E-state index in [1.807, 2.05) is 6.20 Å². The molecule has 2 aliphatic heterocycles. The Morgan fingerprint density at radius 2 is 2.21 bits per heavy atom. The van der Waals surface area contributed by atoms with Gasteiger partial charge < -0.3 is 5.32 Å². The van der Waals surface area contributed by atoms with Crippen LogP contribution in [0.1, 0.15) is 29.7 Å². The fourth-order valence-electron chi connectivity index (χ4n) is 3.70. The molecule has 0 atom stereocenters. The second-order valence-electron chi connectivity index (χ2n) is 6.32. The first-order valence-electron chi connectivity index (χ1n) is 7.05. The van der Waals surface area contributed by atoms with Crippen molar-refractivity contribution >= 4 is 12.8 Å². The van der Waals surface area contributed by atoms with Crippen LogP contribution >= 0.6 is 0 Å².